The van der Waals surface area contributed by atoms with Crippen LogP contribution in [0.4, 0.5) is 0 Å². The van der Waals surface area contributed by atoms with Gasteiger partial charge in [-0.25, -0.2) is 20.1 Å². The second-order valence-corrected chi connectivity index (χ2v) is 6.14. The molecular formula is C14H21N5O2+2. The molecule has 3 heterocycles. The van der Waals surface area contributed by atoms with Crippen molar-refractivity contribution in [3.63, 3.8) is 0 Å². The Labute approximate surface area is 123 Å². The van der Waals surface area contributed by atoms with Gasteiger partial charge in [0.05, 0.1) is 6.54 Å². The molecule has 0 aromatic carbocycles. The van der Waals surface area contributed by atoms with Crippen LogP contribution in [0.3, 0.4) is 0 Å². The summed E-state index contributed by atoms with van der Waals surface area (Å²) < 4.78 is -0.311. The maximum absolute atomic E-state index is 12.9. The number of fused-ring (bicyclic) bond motifs is 2. The Morgan fingerprint density at radius 3 is 2.95 bits per heavy atom. The van der Waals surface area contributed by atoms with Crippen molar-refractivity contribution in [3.8, 4) is 0 Å². The summed E-state index contributed by atoms with van der Waals surface area (Å²) in [5.41, 5.74) is 0.764. The lowest BCUT2D eigenvalue weighted by Crippen LogP contribution is -2.58. The molecule has 2 atom stereocenters. The lowest BCUT2D eigenvalue weighted by molar-refractivity contribution is -1.22. The summed E-state index contributed by atoms with van der Waals surface area (Å²) in [4.78, 5) is 35.3. The summed E-state index contributed by atoms with van der Waals surface area (Å²) in [6.45, 7) is 6.96. The molecule has 3 aliphatic heterocycles. The molecule has 1 N–H and O–H groups in total. The molecule has 0 radical (unpaired) electrons. The van der Waals surface area contributed by atoms with E-state index in [0.717, 1.165) is 16.9 Å². The smallest absolute Gasteiger partial charge is 0.249 e. The van der Waals surface area contributed by atoms with Gasteiger partial charge in [0, 0.05) is 0 Å². The van der Waals surface area contributed by atoms with E-state index in [4.69, 9.17) is 0 Å². The summed E-state index contributed by atoms with van der Waals surface area (Å²) in [5, 5.41) is 2.87. The summed E-state index contributed by atoms with van der Waals surface area (Å²) in [7, 11) is 0. The molecule has 0 aliphatic carbocycles. The van der Waals surface area contributed by atoms with E-state index in [1.165, 1.54) is 6.34 Å². The number of nitrogens with one attached hydrogen (secondary N) is 1. The van der Waals surface area contributed by atoms with Gasteiger partial charge in [0.2, 0.25) is 0 Å². The van der Waals surface area contributed by atoms with Crippen LogP contribution >= 0.6 is 0 Å². The molecule has 7 nitrogen and oxygen atoms in total. The monoisotopic (exact) mass is 291 g/mol. The number of quaternary nitrogens is 1. The van der Waals surface area contributed by atoms with Gasteiger partial charge < -0.3 is 0 Å². The van der Waals surface area contributed by atoms with Crippen LogP contribution in [0.15, 0.2) is 21.4 Å². The maximum atomic E-state index is 12.9. The summed E-state index contributed by atoms with van der Waals surface area (Å²) >= 11 is 0. The van der Waals surface area contributed by atoms with E-state index in [9.17, 15) is 9.70 Å². The standard InChI is InChI=1S/C14H21N5O2/c1-4-5-19-13(17-11(14(19)20)6-9(2)3)10-7-15-8-16-12(10)18(19)21/h8-9,11H,4-7H2,1-3H3,(H,15,16)/q+2. The predicted octanol–water partition coefficient (Wildman–Crippen LogP) is 1.12. The van der Waals surface area contributed by atoms with Gasteiger partial charge in [-0.3, -0.25) is 0 Å². The van der Waals surface area contributed by atoms with Gasteiger partial charge in [-0.15, -0.1) is 0 Å². The molecular weight excluding hydrogens is 270 g/mol. The molecule has 3 rings (SSSR count). The van der Waals surface area contributed by atoms with Crippen molar-refractivity contribution in [3.05, 3.63) is 16.3 Å². The van der Waals surface area contributed by atoms with Crippen LogP contribution in [0.5, 0.6) is 0 Å². The topological polar surface area (TPSA) is 73.9 Å². The minimum absolute atomic E-state index is 0.105. The zero-order chi connectivity index (χ0) is 15.2. The van der Waals surface area contributed by atoms with E-state index >= 15 is 0 Å². The number of aliphatic imine (C=N–C) groups is 2. The Kier molecular flexibility index (Phi) is 3.24. The van der Waals surface area contributed by atoms with Gasteiger partial charge in [0.1, 0.15) is 6.54 Å². The van der Waals surface area contributed by atoms with Gasteiger partial charge in [-0.2, -0.15) is 0 Å². The third kappa shape index (κ3) is 1.80. The third-order valence-corrected chi connectivity index (χ3v) is 4.12. The number of amidine groups is 1. The molecule has 0 aromatic rings. The van der Waals surface area contributed by atoms with E-state index in [0.29, 0.717) is 37.1 Å². The number of hydrogen-bond acceptors (Lipinski definition) is 5. The van der Waals surface area contributed by atoms with Gasteiger partial charge in [0.25, 0.3) is 5.84 Å². The molecule has 0 aromatic heterocycles. The minimum atomic E-state index is -0.414. The first-order valence-electron chi connectivity index (χ1n) is 7.49. The highest BCUT2D eigenvalue weighted by atomic mass is 16.4. The Bertz CT molecular complexity index is 604. The fourth-order valence-corrected chi connectivity index (χ4v) is 3.28. The Morgan fingerprint density at radius 2 is 2.29 bits per heavy atom. The highest BCUT2D eigenvalue weighted by Crippen LogP contribution is 2.37. The van der Waals surface area contributed by atoms with Crippen molar-refractivity contribution < 1.29 is 14.3 Å². The van der Waals surface area contributed by atoms with Crippen molar-refractivity contribution in [2.45, 2.75) is 39.7 Å². The van der Waals surface area contributed by atoms with Crippen molar-refractivity contribution in [2.24, 2.45) is 15.9 Å². The van der Waals surface area contributed by atoms with E-state index < -0.39 is 6.04 Å². The molecule has 0 spiro atoms. The van der Waals surface area contributed by atoms with Gasteiger partial charge >= 0.3 is 11.7 Å². The molecule has 1 amide bonds. The molecule has 0 fully saturated rings. The zero-order valence-electron chi connectivity index (χ0n) is 12.7. The summed E-state index contributed by atoms with van der Waals surface area (Å²) in [6.07, 6.45) is 2.92. The molecule has 21 heavy (non-hydrogen) atoms. The number of nitrogens with zero attached hydrogens (tertiary/aromatic N) is 4. The molecule has 3 aliphatic rings. The predicted molar refractivity (Wildman–Crippen MR) is 78.3 cm³/mol. The Hall–Kier alpha value is -1.89. The highest BCUT2D eigenvalue weighted by Gasteiger charge is 2.68. The van der Waals surface area contributed by atoms with E-state index in [1.54, 1.807) is 0 Å². The number of carbonyl (C=O) groups is 1. The van der Waals surface area contributed by atoms with Crippen LogP contribution in [0.1, 0.15) is 33.6 Å². The Balaban J connectivity index is 2.07. The number of hydrogen-bond donors (Lipinski definition) is 1. The van der Waals surface area contributed by atoms with Crippen LogP contribution in [-0.2, 0) is 4.79 Å². The lowest BCUT2D eigenvalue weighted by Gasteiger charge is -2.20. The second-order valence-electron chi connectivity index (χ2n) is 6.14. The van der Waals surface area contributed by atoms with Crippen LogP contribution < -0.4 is 5.32 Å². The quantitative estimate of drug-likeness (QED) is 0.623. The van der Waals surface area contributed by atoms with Crippen LogP contribution in [0.25, 0.3) is 0 Å². The third-order valence-electron chi connectivity index (χ3n) is 4.12. The van der Waals surface area contributed by atoms with E-state index in [1.807, 2.05) is 6.92 Å². The van der Waals surface area contributed by atoms with E-state index in [-0.39, 0.29) is 10.5 Å². The molecule has 0 saturated heterocycles. The average molecular weight is 291 g/mol. The number of nitroso groups, excluding NO2 is 1. The first-order chi connectivity index (χ1) is 10.0. The van der Waals surface area contributed by atoms with Crippen molar-refractivity contribution >= 4 is 18.1 Å². The van der Waals surface area contributed by atoms with Crippen molar-refractivity contribution in [1.29, 1.82) is 0 Å². The minimum Gasteiger partial charge on any atom is -0.249 e. The van der Waals surface area contributed by atoms with Gasteiger partial charge in [-0.1, -0.05) is 20.8 Å². The number of carbonyl (C=O) groups excluding carboxylic acids is 1. The summed E-state index contributed by atoms with van der Waals surface area (Å²) in [5.74, 6) is 1.28. The SMILES string of the molecule is CCC[N+]12C(=O)C(CC(C)C)N=C1C1=C(NC=NC1)[N+]2=O. The average Bonchev–Trinajstić information content (AvgIpc) is 2.85. The van der Waals surface area contributed by atoms with Crippen LogP contribution in [-0.4, -0.2) is 46.7 Å². The number of amides is 1. The molecule has 0 bridgehead atoms. The largest absolute Gasteiger partial charge is 0.394 e. The van der Waals surface area contributed by atoms with Gasteiger partial charge in [0.15, 0.2) is 22.8 Å². The fraction of sp³-hybridized carbons (Fsp3) is 0.643. The van der Waals surface area contributed by atoms with Crippen LogP contribution in [0.2, 0.25) is 0 Å². The first kappa shape index (κ1) is 14.1. The number of rotatable bonds is 4. The molecule has 2 unspecified atom stereocenters. The van der Waals surface area contributed by atoms with Gasteiger partial charge in [-0.05, 0) is 28.3 Å². The van der Waals surface area contributed by atoms with Crippen LogP contribution in [0, 0.1) is 10.8 Å². The highest BCUT2D eigenvalue weighted by molar-refractivity contribution is 6.06. The second kappa shape index (κ2) is 4.84. The molecule has 7 heteroatoms. The van der Waals surface area contributed by atoms with Crippen molar-refractivity contribution in [1.82, 2.24) is 5.32 Å². The fourth-order valence-electron chi connectivity index (χ4n) is 3.28. The van der Waals surface area contributed by atoms with E-state index in [2.05, 4.69) is 29.1 Å². The van der Waals surface area contributed by atoms with Crippen molar-refractivity contribution in [2.75, 3.05) is 13.1 Å². The molecule has 0 saturated carbocycles. The normalized spacial score (nSPS) is 30.7. The summed E-state index contributed by atoms with van der Waals surface area (Å²) in [6, 6.07) is -0.414. The first-order valence-corrected chi connectivity index (χ1v) is 7.49. The lowest BCUT2D eigenvalue weighted by atomic mass is 10.0. The maximum Gasteiger partial charge on any atom is 0.394 e. The molecule has 112 valence electrons. The zero-order valence-corrected chi connectivity index (χ0v) is 12.7. The Morgan fingerprint density at radius 1 is 1.52 bits per heavy atom.